The molecule has 0 saturated carbocycles. The number of anilines is 2. The molecule has 1 atom stereocenters. The van der Waals surface area contributed by atoms with Gasteiger partial charge in [-0.1, -0.05) is 30.3 Å². The quantitative estimate of drug-likeness (QED) is 0.742. The summed E-state index contributed by atoms with van der Waals surface area (Å²) in [4.78, 5) is 42.1. The van der Waals surface area contributed by atoms with Gasteiger partial charge in [-0.3, -0.25) is 14.5 Å². The van der Waals surface area contributed by atoms with Gasteiger partial charge in [-0.2, -0.15) is 0 Å². The van der Waals surface area contributed by atoms with E-state index in [2.05, 4.69) is 15.5 Å². The van der Waals surface area contributed by atoms with Crippen LogP contribution in [0.15, 0.2) is 48.5 Å². The maximum Gasteiger partial charge on any atom is 0.325 e. The second kappa shape index (κ2) is 7.61. The smallest absolute Gasteiger partial charge is 0.325 e. The van der Waals surface area contributed by atoms with E-state index in [0.717, 1.165) is 36.5 Å². The third kappa shape index (κ3) is 3.28. The molecule has 8 heteroatoms. The van der Waals surface area contributed by atoms with Crippen LogP contribution in [0, 0.1) is 0 Å². The summed E-state index contributed by atoms with van der Waals surface area (Å²) in [5.74, 6) is -0.253. The van der Waals surface area contributed by atoms with Crippen molar-refractivity contribution in [1.29, 1.82) is 0 Å². The van der Waals surface area contributed by atoms with Gasteiger partial charge < -0.3 is 20.3 Å². The van der Waals surface area contributed by atoms with Crippen molar-refractivity contribution in [3.05, 3.63) is 54.1 Å². The molecule has 0 radical (unpaired) electrons. The van der Waals surface area contributed by atoms with Crippen molar-refractivity contribution in [2.45, 2.75) is 24.8 Å². The molecule has 0 aromatic heterocycles. The van der Waals surface area contributed by atoms with Crippen LogP contribution in [-0.4, -0.2) is 49.0 Å². The number of urea groups is 1. The Labute approximate surface area is 180 Å². The maximum atomic E-state index is 13.3. The molecule has 2 aromatic rings. The Bertz CT molecular complexity index is 1050. The van der Waals surface area contributed by atoms with Crippen molar-refractivity contribution in [2.24, 2.45) is 0 Å². The number of para-hydroxylation sites is 3. The van der Waals surface area contributed by atoms with Gasteiger partial charge in [0.05, 0.1) is 18.0 Å². The highest BCUT2D eigenvalue weighted by Gasteiger charge is 2.55. The van der Waals surface area contributed by atoms with Gasteiger partial charge in [0.1, 0.15) is 12.3 Å². The van der Waals surface area contributed by atoms with Crippen molar-refractivity contribution in [1.82, 2.24) is 10.2 Å². The zero-order chi connectivity index (χ0) is 21.4. The molecule has 160 valence electrons. The Morgan fingerprint density at radius 1 is 1.06 bits per heavy atom. The SMILES string of the molecule is O=C(CN1C(=O)N[C@]2(CCOc3ccccc32)C1=O)Nc1ccccc1N1CCCC1. The monoisotopic (exact) mass is 420 g/mol. The number of hydrogen-bond donors (Lipinski definition) is 2. The Balaban J connectivity index is 1.34. The Morgan fingerprint density at radius 3 is 2.65 bits per heavy atom. The van der Waals surface area contributed by atoms with Gasteiger partial charge in [0.2, 0.25) is 5.91 Å². The van der Waals surface area contributed by atoms with Crippen molar-refractivity contribution in [3.8, 4) is 5.75 Å². The number of rotatable bonds is 4. The number of ether oxygens (including phenoxy) is 1. The van der Waals surface area contributed by atoms with Crippen LogP contribution in [0.2, 0.25) is 0 Å². The molecule has 5 rings (SSSR count). The van der Waals surface area contributed by atoms with E-state index in [0.29, 0.717) is 30.0 Å². The average molecular weight is 420 g/mol. The lowest BCUT2D eigenvalue weighted by Gasteiger charge is -2.33. The van der Waals surface area contributed by atoms with E-state index >= 15 is 0 Å². The first-order valence-electron chi connectivity index (χ1n) is 10.6. The summed E-state index contributed by atoms with van der Waals surface area (Å²) in [5.41, 5.74) is 1.09. The van der Waals surface area contributed by atoms with Gasteiger partial charge in [-0.25, -0.2) is 4.79 Å². The van der Waals surface area contributed by atoms with Gasteiger partial charge in [0.15, 0.2) is 5.54 Å². The zero-order valence-electron chi connectivity index (χ0n) is 17.1. The summed E-state index contributed by atoms with van der Waals surface area (Å²) < 4.78 is 5.65. The Morgan fingerprint density at radius 2 is 1.81 bits per heavy atom. The van der Waals surface area contributed by atoms with Crippen LogP contribution >= 0.6 is 0 Å². The minimum absolute atomic E-state index is 0.312. The molecule has 2 saturated heterocycles. The van der Waals surface area contributed by atoms with Crippen LogP contribution in [0.25, 0.3) is 0 Å². The van der Waals surface area contributed by atoms with Crippen LogP contribution in [0.4, 0.5) is 16.2 Å². The maximum absolute atomic E-state index is 13.3. The van der Waals surface area contributed by atoms with E-state index < -0.39 is 23.4 Å². The lowest BCUT2D eigenvalue weighted by atomic mass is 9.84. The molecule has 0 unspecified atom stereocenters. The fourth-order valence-corrected chi connectivity index (χ4v) is 4.66. The zero-order valence-corrected chi connectivity index (χ0v) is 17.1. The minimum Gasteiger partial charge on any atom is -0.493 e. The number of carbonyl (C=O) groups excluding carboxylic acids is 3. The lowest BCUT2D eigenvalue weighted by molar-refractivity contribution is -0.135. The van der Waals surface area contributed by atoms with E-state index in [9.17, 15) is 14.4 Å². The van der Waals surface area contributed by atoms with Crippen LogP contribution in [-0.2, 0) is 15.1 Å². The van der Waals surface area contributed by atoms with Crippen molar-refractivity contribution in [3.63, 3.8) is 0 Å². The number of fused-ring (bicyclic) bond motifs is 2. The molecule has 31 heavy (non-hydrogen) atoms. The van der Waals surface area contributed by atoms with E-state index in [1.165, 1.54) is 0 Å². The summed E-state index contributed by atoms with van der Waals surface area (Å²) in [5, 5.41) is 5.71. The fraction of sp³-hybridized carbons (Fsp3) is 0.348. The van der Waals surface area contributed by atoms with Crippen LogP contribution in [0.5, 0.6) is 5.75 Å². The topological polar surface area (TPSA) is 91.0 Å². The second-order valence-corrected chi connectivity index (χ2v) is 8.08. The number of amides is 4. The van der Waals surface area contributed by atoms with Gasteiger partial charge in [0.25, 0.3) is 5.91 Å². The number of carbonyl (C=O) groups is 3. The molecular weight excluding hydrogens is 396 g/mol. The molecule has 2 aromatic carbocycles. The average Bonchev–Trinajstić information content (AvgIpc) is 3.39. The first-order valence-corrected chi connectivity index (χ1v) is 10.6. The number of hydrogen-bond acceptors (Lipinski definition) is 5. The van der Waals surface area contributed by atoms with Gasteiger partial charge in [-0.15, -0.1) is 0 Å². The van der Waals surface area contributed by atoms with E-state index in [1.807, 2.05) is 30.3 Å². The molecule has 1 spiro atoms. The normalized spacial score (nSPS) is 22.3. The van der Waals surface area contributed by atoms with E-state index in [1.54, 1.807) is 18.2 Å². The summed E-state index contributed by atoms with van der Waals surface area (Å²) in [7, 11) is 0. The summed E-state index contributed by atoms with van der Waals surface area (Å²) in [6.45, 7) is 1.86. The molecule has 0 aliphatic carbocycles. The standard InChI is InChI=1S/C23H24N4O4/c28-20(24-17-8-2-3-9-18(17)26-12-5-6-13-26)15-27-21(29)23(25-22(27)30)11-14-31-19-10-4-1-7-16(19)23/h1-4,7-10H,5-6,11-15H2,(H,24,28)(H,25,30)/t23-/m0/s1. The third-order valence-corrected chi connectivity index (χ3v) is 6.18. The molecule has 2 N–H and O–H groups in total. The van der Waals surface area contributed by atoms with Crippen molar-refractivity contribution >= 4 is 29.2 Å². The molecule has 0 bridgehead atoms. The predicted octanol–water partition coefficient (Wildman–Crippen LogP) is 2.46. The molecule has 2 fully saturated rings. The number of nitrogens with zero attached hydrogens (tertiary/aromatic N) is 2. The van der Waals surface area contributed by atoms with Gasteiger partial charge in [-0.05, 0) is 31.0 Å². The first kappa shape index (κ1) is 19.4. The molecule has 4 amide bonds. The Kier molecular flexibility index (Phi) is 4.77. The first-order chi connectivity index (χ1) is 15.1. The molecule has 3 aliphatic rings. The van der Waals surface area contributed by atoms with Gasteiger partial charge in [0, 0.05) is 25.1 Å². The fourth-order valence-electron chi connectivity index (χ4n) is 4.66. The summed E-state index contributed by atoms with van der Waals surface area (Å²) in [6, 6.07) is 14.2. The number of nitrogens with one attached hydrogen (secondary N) is 2. The minimum atomic E-state index is -1.18. The van der Waals surface area contributed by atoms with E-state index in [-0.39, 0.29) is 6.54 Å². The van der Waals surface area contributed by atoms with Gasteiger partial charge >= 0.3 is 6.03 Å². The van der Waals surface area contributed by atoms with Crippen LogP contribution < -0.4 is 20.3 Å². The van der Waals surface area contributed by atoms with E-state index in [4.69, 9.17) is 4.74 Å². The molecule has 3 aliphatic heterocycles. The third-order valence-electron chi connectivity index (χ3n) is 6.18. The second-order valence-electron chi connectivity index (χ2n) is 8.08. The van der Waals surface area contributed by atoms with Crippen LogP contribution in [0.3, 0.4) is 0 Å². The number of imide groups is 1. The Hall–Kier alpha value is -3.55. The molecular formula is C23H24N4O4. The summed E-state index contributed by atoms with van der Waals surface area (Å²) in [6.07, 6.45) is 2.57. The predicted molar refractivity (Wildman–Crippen MR) is 115 cm³/mol. The summed E-state index contributed by atoms with van der Waals surface area (Å²) >= 11 is 0. The highest BCUT2D eigenvalue weighted by Crippen LogP contribution is 2.41. The number of benzene rings is 2. The van der Waals surface area contributed by atoms with Crippen molar-refractivity contribution < 1.29 is 19.1 Å². The molecule has 8 nitrogen and oxygen atoms in total. The highest BCUT2D eigenvalue weighted by molar-refractivity contribution is 6.11. The molecule has 3 heterocycles. The van der Waals surface area contributed by atoms with Crippen molar-refractivity contribution in [2.75, 3.05) is 36.5 Å². The highest BCUT2D eigenvalue weighted by atomic mass is 16.5. The van der Waals surface area contributed by atoms with Crippen LogP contribution in [0.1, 0.15) is 24.8 Å². The largest absolute Gasteiger partial charge is 0.493 e. The lowest BCUT2D eigenvalue weighted by Crippen LogP contribution is -2.48.